The first-order valence-corrected chi connectivity index (χ1v) is 6.26. The van der Waals surface area contributed by atoms with Crippen LogP contribution in [0.3, 0.4) is 0 Å². The molecule has 0 spiro atoms. The highest BCUT2D eigenvalue weighted by Crippen LogP contribution is 2.32. The number of halogens is 3. The normalized spacial score (nSPS) is 15.5. The summed E-state index contributed by atoms with van der Waals surface area (Å²) in [6.45, 7) is 0.101. The number of Topliss-reactive ketones (excluding diaryl/α,β-unsaturated/α-hetero) is 1. The van der Waals surface area contributed by atoms with E-state index in [0.717, 1.165) is 4.47 Å². The van der Waals surface area contributed by atoms with Crippen molar-refractivity contribution < 1.29 is 9.59 Å². The Morgan fingerprint density at radius 3 is 2.76 bits per heavy atom. The van der Waals surface area contributed by atoms with Crippen LogP contribution in [0.25, 0.3) is 0 Å². The number of ketones is 1. The lowest BCUT2D eigenvalue weighted by molar-refractivity contribution is -0.114. The highest BCUT2D eigenvalue weighted by molar-refractivity contribution is 9.10. The van der Waals surface area contributed by atoms with Gasteiger partial charge >= 0.3 is 0 Å². The lowest BCUT2D eigenvalue weighted by Crippen LogP contribution is -2.30. The average Bonchev–Trinajstić information content (AvgIpc) is 2.54. The first-order chi connectivity index (χ1) is 8.04. The van der Waals surface area contributed by atoms with Crippen LogP contribution in [0.2, 0.25) is 0 Å². The van der Waals surface area contributed by atoms with Crippen molar-refractivity contribution >= 4 is 56.5 Å². The predicted octanol–water partition coefficient (Wildman–Crippen LogP) is 3.30. The molecule has 0 radical (unpaired) electrons. The van der Waals surface area contributed by atoms with Crippen LogP contribution in [-0.4, -0.2) is 18.2 Å². The highest BCUT2D eigenvalue weighted by atomic mass is 79.9. The van der Waals surface area contributed by atoms with Crippen molar-refractivity contribution in [3.63, 3.8) is 0 Å². The zero-order valence-corrected chi connectivity index (χ0v) is 11.5. The Hall–Kier alpha value is -0.840. The minimum absolute atomic E-state index is 0.101. The third kappa shape index (κ3) is 2.25. The van der Waals surface area contributed by atoms with Crippen LogP contribution in [0.1, 0.15) is 10.4 Å². The van der Waals surface area contributed by atoms with Gasteiger partial charge in [0.2, 0.25) is 0 Å². The van der Waals surface area contributed by atoms with E-state index in [1.807, 2.05) is 0 Å². The van der Waals surface area contributed by atoms with Crippen molar-refractivity contribution in [1.29, 1.82) is 0 Å². The van der Waals surface area contributed by atoms with Crippen LogP contribution in [0.4, 0.5) is 5.69 Å². The van der Waals surface area contributed by atoms with Crippen LogP contribution < -0.4 is 4.90 Å². The van der Waals surface area contributed by atoms with Gasteiger partial charge in [-0.1, -0.05) is 39.1 Å². The molecule has 0 fully saturated rings. The first-order valence-electron chi connectivity index (χ1n) is 4.65. The fourth-order valence-corrected chi connectivity index (χ4v) is 2.16. The van der Waals surface area contributed by atoms with Gasteiger partial charge in [0.15, 0.2) is 0 Å². The predicted molar refractivity (Wildman–Crippen MR) is 70.6 cm³/mol. The molecule has 88 valence electrons. The average molecular weight is 335 g/mol. The van der Waals surface area contributed by atoms with E-state index in [4.69, 9.17) is 23.2 Å². The molecule has 0 atom stereocenters. The summed E-state index contributed by atoms with van der Waals surface area (Å²) in [5.74, 6) is -1.12. The number of nitrogens with zero attached hydrogens (tertiary/aromatic N) is 1. The van der Waals surface area contributed by atoms with Gasteiger partial charge in [-0.2, -0.15) is 0 Å². The Morgan fingerprint density at radius 1 is 1.41 bits per heavy atom. The van der Waals surface area contributed by atoms with Gasteiger partial charge in [-0.25, -0.2) is 0 Å². The maximum Gasteiger partial charge on any atom is 0.299 e. The smallest absolute Gasteiger partial charge is 0.299 e. The second kappa shape index (κ2) is 4.80. The summed E-state index contributed by atoms with van der Waals surface area (Å²) in [6, 6.07) is 5.07. The van der Waals surface area contributed by atoms with Crippen LogP contribution in [-0.2, 0) is 4.79 Å². The molecule has 1 aliphatic heterocycles. The molecular weight excluding hydrogens is 329 g/mol. The maximum atomic E-state index is 11.8. The number of hydrogen-bond donors (Lipinski definition) is 0. The van der Waals surface area contributed by atoms with Gasteiger partial charge in [0.1, 0.15) is 0 Å². The van der Waals surface area contributed by atoms with Gasteiger partial charge in [-0.3, -0.25) is 14.5 Å². The van der Waals surface area contributed by atoms with Gasteiger partial charge in [0.25, 0.3) is 11.7 Å². The summed E-state index contributed by atoms with van der Waals surface area (Å²) in [4.78, 5) is 24.8. The van der Waals surface area contributed by atoms with Crippen molar-refractivity contribution in [2.75, 3.05) is 11.4 Å². The summed E-state index contributed by atoms with van der Waals surface area (Å²) in [6.07, 6.45) is 0. The Morgan fingerprint density at radius 2 is 2.12 bits per heavy atom. The molecule has 1 aromatic carbocycles. The third-order valence-corrected chi connectivity index (χ3v) is 3.46. The van der Waals surface area contributed by atoms with Crippen molar-refractivity contribution in [2.24, 2.45) is 0 Å². The van der Waals surface area contributed by atoms with E-state index in [0.29, 0.717) is 16.3 Å². The molecule has 2 rings (SSSR count). The van der Waals surface area contributed by atoms with Crippen LogP contribution in [0, 0.1) is 0 Å². The number of fused-ring (bicyclic) bond motifs is 1. The molecule has 0 bridgehead atoms. The number of carbonyl (C=O) groups is 2. The second-order valence-corrected chi connectivity index (χ2v) is 5.06. The summed E-state index contributed by atoms with van der Waals surface area (Å²) in [5.41, 5.74) is 2.11. The monoisotopic (exact) mass is 333 g/mol. The molecule has 0 aromatic heterocycles. The van der Waals surface area contributed by atoms with E-state index in [1.165, 1.54) is 10.4 Å². The Labute approximate surface area is 116 Å². The number of rotatable bonds is 2. The van der Waals surface area contributed by atoms with Crippen LogP contribution in [0.15, 0.2) is 33.2 Å². The van der Waals surface area contributed by atoms with E-state index in [9.17, 15) is 9.59 Å². The molecule has 1 aliphatic rings. The lowest BCUT2D eigenvalue weighted by Gasteiger charge is -2.15. The highest BCUT2D eigenvalue weighted by Gasteiger charge is 2.35. The fraction of sp³-hybridized carbons (Fsp3) is 0.0909. The maximum absolute atomic E-state index is 11.8. The van der Waals surface area contributed by atoms with Crippen molar-refractivity contribution in [1.82, 2.24) is 0 Å². The summed E-state index contributed by atoms with van der Waals surface area (Å²) >= 11 is 14.5. The third-order valence-electron chi connectivity index (χ3n) is 2.36. The zero-order valence-electron chi connectivity index (χ0n) is 8.41. The molecular formula is C11H6BrCl2NO2. The van der Waals surface area contributed by atoms with Crippen molar-refractivity contribution in [2.45, 2.75) is 0 Å². The Bertz CT molecular complexity index is 542. The molecule has 3 nitrogen and oxygen atoms in total. The first kappa shape index (κ1) is 12.6. The zero-order chi connectivity index (χ0) is 12.6. The molecule has 17 heavy (non-hydrogen) atoms. The van der Waals surface area contributed by atoms with E-state index in [2.05, 4.69) is 15.9 Å². The molecule has 1 heterocycles. The van der Waals surface area contributed by atoms with E-state index in [1.54, 1.807) is 18.2 Å². The lowest BCUT2D eigenvalue weighted by atomic mass is 10.1. The van der Waals surface area contributed by atoms with E-state index < -0.39 is 11.7 Å². The van der Waals surface area contributed by atoms with Gasteiger partial charge in [-0.15, -0.1) is 0 Å². The van der Waals surface area contributed by atoms with Crippen LogP contribution >= 0.6 is 39.1 Å². The van der Waals surface area contributed by atoms with E-state index in [-0.39, 0.29) is 6.54 Å². The quantitative estimate of drug-likeness (QED) is 0.778. The summed E-state index contributed by atoms with van der Waals surface area (Å²) in [5, 5.41) is 0.295. The molecule has 0 aliphatic carbocycles. The molecule has 1 amide bonds. The largest absolute Gasteiger partial charge is 0.299 e. The van der Waals surface area contributed by atoms with Gasteiger partial charge < -0.3 is 0 Å². The second-order valence-electron chi connectivity index (χ2n) is 3.44. The van der Waals surface area contributed by atoms with E-state index >= 15 is 0 Å². The van der Waals surface area contributed by atoms with Crippen molar-refractivity contribution in [3.8, 4) is 0 Å². The molecule has 6 heteroatoms. The summed E-state index contributed by atoms with van der Waals surface area (Å²) in [7, 11) is 0. The van der Waals surface area contributed by atoms with Crippen LogP contribution in [0.5, 0.6) is 0 Å². The van der Waals surface area contributed by atoms with Gasteiger partial charge in [-0.05, 0) is 18.2 Å². The number of amides is 1. The molecule has 0 saturated carbocycles. The topological polar surface area (TPSA) is 37.4 Å². The summed E-state index contributed by atoms with van der Waals surface area (Å²) < 4.78 is 0.748. The SMILES string of the molecule is O=C1C(=O)N(CC(Cl)=CCl)c2ccc(Br)cc21. The number of carbonyl (C=O) groups excluding carboxylic acids is 2. The standard InChI is InChI=1S/C11H6BrCl2NO2/c12-6-1-2-9-8(3-6)10(16)11(17)15(9)5-7(14)4-13/h1-4H,5H2. The number of benzene rings is 1. The Balaban J connectivity index is 2.45. The fourth-order valence-electron chi connectivity index (χ4n) is 1.62. The molecule has 0 N–H and O–H groups in total. The van der Waals surface area contributed by atoms with Gasteiger partial charge in [0.05, 0.1) is 17.8 Å². The Kier molecular flexibility index (Phi) is 3.56. The molecule has 1 aromatic rings. The van der Waals surface area contributed by atoms with Crippen molar-refractivity contribution in [3.05, 3.63) is 38.8 Å². The minimum atomic E-state index is -0.588. The number of anilines is 1. The molecule has 0 saturated heterocycles. The number of hydrogen-bond acceptors (Lipinski definition) is 2. The molecule has 0 unspecified atom stereocenters. The minimum Gasteiger partial charge on any atom is -0.299 e. The van der Waals surface area contributed by atoms with Gasteiger partial charge in [0, 0.05) is 15.0 Å².